The highest BCUT2D eigenvalue weighted by Crippen LogP contribution is 2.17. The molecule has 1 rings (SSSR count). The van der Waals surface area contributed by atoms with Crippen LogP contribution in [0.4, 0.5) is 0 Å². The van der Waals surface area contributed by atoms with Gasteiger partial charge < -0.3 is 5.11 Å². The second kappa shape index (κ2) is 5.04. The number of hydrogen-bond acceptors (Lipinski definition) is 3. The van der Waals surface area contributed by atoms with E-state index in [2.05, 4.69) is 0 Å². The van der Waals surface area contributed by atoms with Gasteiger partial charge in [-0.25, -0.2) is 0 Å². The molecule has 1 aromatic rings. The van der Waals surface area contributed by atoms with Crippen LogP contribution in [0.3, 0.4) is 0 Å². The van der Waals surface area contributed by atoms with Crippen molar-refractivity contribution in [3.05, 3.63) is 29.8 Å². The third-order valence-corrected chi connectivity index (χ3v) is 2.61. The molecule has 0 aromatic heterocycles. The number of Topliss-reactive ketones (excluding diaryl/α,β-unsaturated/α-hetero) is 1. The lowest BCUT2D eigenvalue weighted by Gasteiger charge is -1.99. The van der Waals surface area contributed by atoms with Crippen molar-refractivity contribution in [1.82, 2.24) is 0 Å². The Kier molecular flexibility index (Phi) is 3.99. The van der Waals surface area contributed by atoms with Gasteiger partial charge in [-0.15, -0.1) is 11.8 Å². The van der Waals surface area contributed by atoms with Gasteiger partial charge in [0.05, 0.1) is 6.61 Å². The molecule has 0 radical (unpaired) electrons. The van der Waals surface area contributed by atoms with Crippen molar-refractivity contribution in [2.24, 2.45) is 0 Å². The van der Waals surface area contributed by atoms with E-state index < -0.39 is 0 Å². The summed E-state index contributed by atoms with van der Waals surface area (Å²) < 4.78 is 0. The number of carbonyl (C=O) groups excluding carboxylic acids is 1. The number of aliphatic hydroxyl groups excluding tert-OH is 1. The summed E-state index contributed by atoms with van der Waals surface area (Å²) in [6, 6.07) is 7.41. The van der Waals surface area contributed by atoms with Crippen LogP contribution >= 0.6 is 11.8 Å². The number of aliphatic hydroxyl groups is 1. The van der Waals surface area contributed by atoms with Gasteiger partial charge >= 0.3 is 0 Å². The Balaban J connectivity index is 2.64. The lowest BCUT2D eigenvalue weighted by Crippen LogP contribution is -1.91. The summed E-state index contributed by atoms with van der Waals surface area (Å²) in [6.07, 6.45) is 0. The van der Waals surface area contributed by atoms with Gasteiger partial charge in [-0.1, -0.05) is 12.1 Å². The molecule has 0 aliphatic carbocycles. The fourth-order valence-corrected chi connectivity index (χ4v) is 1.60. The Morgan fingerprint density at radius 2 is 2.00 bits per heavy atom. The molecule has 1 aromatic carbocycles. The van der Waals surface area contributed by atoms with Crippen molar-refractivity contribution < 1.29 is 9.90 Å². The summed E-state index contributed by atoms with van der Waals surface area (Å²) >= 11 is 1.58. The molecule has 0 heterocycles. The predicted molar refractivity (Wildman–Crippen MR) is 54.3 cm³/mol. The topological polar surface area (TPSA) is 37.3 Å². The number of hydrogen-bond donors (Lipinski definition) is 1. The van der Waals surface area contributed by atoms with Gasteiger partial charge in [0.1, 0.15) is 0 Å². The minimum Gasteiger partial charge on any atom is -0.396 e. The zero-order valence-corrected chi connectivity index (χ0v) is 8.30. The lowest BCUT2D eigenvalue weighted by atomic mass is 10.2. The second-order valence-electron chi connectivity index (χ2n) is 2.65. The van der Waals surface area contributed by atoms with E-state index in [1.807, 2.05) is 24.3 Å². The molecule has 0 aliphatic rings. The summed E-state index contributed by atoms with van der Waals surface area (Å²) in [5.74, 6) is 0.776. The second-order valence-corrected chi connectivity index (χ2v) is 3.82. The summed E-state index contributed by atoms with van der Waals surface area (Å²) in [5, 5.41) is 8.60. The SMILES string of the molecule is CC(=O)c1ccc(SCCO)cc1. The van der Waals surface area contributed by atoms with Crippen LogP contribution < -0.4 is 0 Å². The molecule has 2 nitrogen and oxygen atoms in total. The summed E-state index contributed by atoms with van der Waals surface area (Å²) in [4.78, 5) is 12.0. The third kappa shape index (κ3) is 3.20. The summed E-state index contributed by atoms with van der Waals surface area (Å²) in [5.41, 5.74) is 0.730. The Hall–Kier alpha value is -0.800. The van der Waals surface area contributed by atoms with E-state index in [9.17, 15) is 4.79 Å². The maximum absolute atomic E-state index is 10.9. The molecule has 0 spiro atoms. The maximum Gasteiger partial charge on any atom is 0.159 e. The minimum atomic E-state index is 0.0821. The Labute approximate surface area is 82.0 Å². The Bertz CT molecular complexity index is 279. The molecular weight excluding hydrogens is 184 g/mol. The molecule has 13 heavy (non-hydrogen) atoms. The summed E-state index contributed by atoms with van der Waals surface area (Å²) in [7, 11) is 0. The number of carbonyl (C=O) groups is 1. The molecule has 0 saturated carbocycles. The number of ketones is 1. The lowest BCUT2D eigenvalue weighted by molar-refractivity contribution is 0.101. The molecule has 0 saturated heterocycles. The number of benzene rings is 1. The van der Waals surface area contributed by atoms with Crippen LogP contribution in [-0.4, -0.2) is 23.2 Å². The van der Waals surface area contributed by atoms with Crippen molar-refractivity contribution >= 4 is 17.5 Å². The first-order chi connectivity index (χ1) is 6.24. The number of rotatable bonds is 4. The molecule has 0 aliphatic heterocycles. The molecule has 0 atom stereocenters. The molecule has 1 N–H and O–H groups in total. The predicted octanol–water partition coefficient (Wildman–Crippen LogP) is 1.97. The largest absolute Gasteiger partial charge is 0.396 e. The van der Waals surface area contributed by atoms with Crippen LogP contribution in [0.5, 0.6) is 0 Å². The van der Waals surface area contributed by atoms with E-state index >= 15 is 0 Å². The number of thioether (sulfide) groups is 1. The van der Waals surface area contributed by atoms with Crippen LogP contribution in [0.15, 0.2) is 29.2 Å². The molecule has 70 valence electrons. The van der Waals surface area contributed by atoms with Crippen LogP contribution in [0.25, 0.3) is 0 Å². The Morgan fingerprint density at radius 3 is 2.46 bits per heavy atom. The van der Waals surface area contributed by atoms with Gasteiger partial charge in [0.15, 0.2) is 5.78 Å². The van der Waals surface area contributed by atoms with Crippen molar-refractivity contribution in [3.63, 3.8) is 0 Å². The molecule has 0 unspecified atom stereocenters. The quantitative estimate of drug-likeness (QED) is 0.591. The average molecular weight is 196 g/mol. The average Bonchev–Trinajstić information content (AvgIpc) is 2.15. The highest BCUT2D eigenvalue weighted by molar-refractivity contribution is 7.99. The molecule has 0 fully saturated rings. The fourth-order valence-electron chi connectivity index (χ4n) is 0.949. The van der Waals surface area contributed by atoms with E-state index in [4.69, 9.17) is 5.11 Å². The van der Waals surface area contributed by atoms with Crippen LogP contribution in [0.1, 0.15) is 17.3 Å². The van der Waals surface area contributed by atoms with E-state index in [1.54, 1.807) is 18.7 Å². The molecule has 0 bridgehead atoms. The van der Waals surface area contributed by atoms with E-state index in [0.29, 0.717) is 5.75 Å². The molecule has 0 amide bonds. The van der Waals surface area contributed by atoms with E-state index in [1.165, 1.54) is 0 Å². The monoisotopic (exact) mass is 196 g/mol. The Morgan fingerprint density at radius 1 is 1.38 bits per heavy atom. The first kappa shape index (κ1) is 10.3. The van der Waals surface area contributed by atoms with Crippen LogP contribution in [0, 0.1) is 0 Å². The fraction of sp³-hybridized carbons (Fsp3) is 0.300. The van der Waals surface area contributed by atoms with Crippen molar-refractivity contribution in [3.8, 4) is 0 Å². The highest BCUT2D eigenvalue weighted by atomic mass is 32.2. The first-order valence-corrected chi connectivity index (χ1v) is 5.07. The smallest absolute Gasteiger partial charge is 0.159 e. The minimum absolute atomic E-state index is 0.0821. The third-order valence-electron chi connectivity index (χ3n) is 1.62. The summed E-state index contributed by atoms with van der Waals surface area (Å²) in [6.45, 7) is 1.73. The zero-order chi connectivity index (χ0) is 9.68. The van der Waals surface area contributed by atoms with Crippen LogP contribution in [-0.2, 0) is 0 Å². The van der Waals surface area contributed by atoms with Gasteiger partial charge in [-0.05, 0) is 19.1 Å². The van der Waals surface area contributed by atoms with Gasteiger partial charge in [0.2, 0.25) is 0 Å². The molecule has 3 heteroatoms. The van der Waals surface area contributed by atoms with Crippen LogP contribution in [0.2, 0.25) is 0 Å². The van der Waals surface area contributed by atoms with Gasteiger partial charge in [0, 0.05) is 16.2 Å². The van der Waals surface area contributed by atoms with Gasteiger partial charge in [0.25, 0.3) is 0 Å². The van der Waals surface area contributed by atoms with Gasteiger partial charge in [-0.3, -0.25) is 4.79 Å². The first-order valence-electron chi connectivity index (χ1n) is 4.08. The van der Waals surface area contributed by atoms with Gasteiger partial charge in [-0.2, -0.15) is 0 Å². The maximum atomic E-state index is 10.9. The highest BCUT2D eigenvalue weighted by Gasteiger charge is 1.98. The van der Waals surface area contributed by atoms with Crippen molar-refractivity contribution in [1.29, 1.82) is 0 Å². The van der Waals surface area contributed by atoms with E-state index in [-0.39, 0.29) is 12.4 Å². The van der Waals surface area contributed by atoms with Crippen molar-refractivity contribution in [2.45, 2.75) is 11.8 Å². The molecular formula is C10H12O2S. The standard InChI is InChI=1S/C10H12O2S/c1-8(12)9-2-4-10(5-3-9)13-7-6-11/h2-5,11H,6-7H2,1H3. The van der Waals surface area contributed by atoms with E-state index in [0.717, 1.165) is 10.5 Å². The van der Waals surface area contributed by atoms with Crippen molar-refractivity contribution in [2.75, 3.05) is 12.4 Å². The zero-order valence-electron chi connectivity index (χ0n) is 7.49. The normalized spacial score (nSPS) is 10.0.